The average molecular weight is 544 g/mol. The largest absolute Gasteiger partial charge is 0.455 e. The van der Waals surface area contributed by atoms with E-state index in [2.05, 4.69) is 20.7 Å². The molecule has 3 heterocycles. The van der Waals surface area contributed by atoms with Crippen molar-refractivity contribution in [3.05, 3.63) is 54.3 Å². The highest BCUT2D eigenvalue weighted by Crippen LogP contribution is 2.31. The summed E-state index contributed by atoms with van der Waals surface area (Å²) in [5, 5.41) is 8.73. The number of hydrogen-bond donors (Lipinski definition) is 2. The van der Waals surface area contributed by atoms with Gasteiger partial charge in [0.2, 0.25) is 10.0 Å². The van der Waals surface area contributed by atoms with Crippen LogP contribution in [0.2, 0.25) is 0 Å². The van der Waals surface area contributed by atoms with Crippen LogP contribution in [-0.4, -0.2) is 76.2 Å². The number of fused-ring (bicyclic) bond motifs is 1. The Morgan fingerprint density at radius 3 is 2.41 bits per heavy atom. The van der Waals surface area contributed by atoms with Gasteiger partial charge in [0, 0.05) is 31.6 Å². The Morgan fingerprint density at radius 2 is 1.68 bits per heavy atom. The first-order chi connectivity index (χ1) is 17.9. The van der Waals surface area contributed by atoms with Crippen molar-refractivity contribution in [1.29, 1.82) is 0 Å². The third kappa shape index (κ3) is 5.78. The summed E-state index contributed by atoms with van der Waals surface area (Å²) < 4.78 is 44.7. The van der Waals surface area contributed by atoms with Crippen LogP contribution in [0.3, 0.4) is 0 Å². The summed E-state index contributed by atoms with van der Waals surface area (Å²) in [5.74, 6) is 0.629. The van der Waals surface area contributed by atoms with Gasteiger partial charge < -0.3 is 24.1 Å². The lowest BCUT2D eigenvalue weighted by atomic mass is 10.2. The van der Waals surface area contributed by atoms with Crippen molar-refractivity contribution < 1.29 is 22.3 Å². The van der Waals surface area contributed by atoms with Gasteiger partial charge in [0.05, 0.1) is 42.7 Å². The van der Waals surface area contributed by atoms with Gasteiger partial charge in [-0.2, -0.15) is 9.41 Å². The van der Waals surface area contributed by atoms with Gasteiger partial charge >= 0.3 is 0 Å². The van der Waals surface area contributed by atoms with Crippen molar-refractivity contribution in [2.75, 3.05) is 62.8 Å². The molecule has 0 radical (unpaired) electrons. The van der Waals surface area contributed by atoms with Crippen LogP contribution < -0.4 is 15.6 Å². The quantitative estimate of drug-likeness (QED) is 0.276. The van der Waals surface area contributed by atoms with Gasteiger partial charge in [-0.05, 0) is 49.5 Å². The Morgan fingerprint density at radius 1 is 0.973 bits per heavy atom. The van der Waals surface area contributed by atoms with Crippen molar-refractivity contribution in [2.45, 2.75) is 11.8 Å². The first-order valence-electron chi connectivity index (χ1n) is 12.1. The maximum absolute atomic E-state index is 13.3. The fraction of sp³-hybridized carbons (Fsp3) is 0.360. The standard InChI is InChI=1S/C25H29N5O5S2/c1-18(24-16-19-4-2-3-5-23(19)35-24)27-28-25(36)26-21-17-20(37(31,32)30-10-14-34-15-11-30)6-7-22(21)29-8-12-33-13-9-29/h2-7,16-17H,8-15H2,1H3,(H2,26,28,36). The molecule has 0 amide bonds. The second-order valence-corrected chi connectivity index (χ2v) is 11.1. The van der Waals surface area contributed by atoms with Gasteiger partial charge in [-0.15, -0.1) is 0 Å². The lowest BCUT2D eigenvalue weighted by Crippen LogP contribution is -2.40. The minimum atomic E-state index is -3.68. The van der Waals surface area contributed by atoms with E-state index in [1.807, 2.05) is 43.3 Å². The molecule has 0 saturated carbocycles. The van der Waals surface area contributed by atoms with Crippen molar-refractivity contribution in [3.63, 3.8) is 0 Å². The Hall–Kier alpha value is -3.03. The molecule has 3 aromatic rings. The molecule has 196 valence electrons. The number of thiocarbonyl (C=S) groups is 1. The predicted octanol–water partition coefficient (Wildman–Crippen LogP) is 3.00. The molecular formula is C25H29N5O5S2. The van der Waals surface area contributed by atoms with Crippen LogP contribution in [0.5, 0.6) is 0 Å². The third-order valence-corrected chi connectivity index (χ3v) is 8.37. The molecule has 2 aliphatic heterocycles. The van der Waals surface area contributed by atoms with E-state index >= 15 is 0 Å². The highest BCUT2D eigenvalue weighted by molar-refractivity contribution is 7.89. The van der Waals surface area contributed by atoms with Gasteiger partial charge in [0.15, 0.2) is 10.9 Å². The number of morpholine rings is 2. The molecule has 5 rings (SSSR count). The van der Waals surface area contributed by atoms with Crippen LogP contribution in [0.1, 0.15) is 12.7 Å². The number of hydrogen-bond acceptors (Lipinski definition) is 8. The van der Waals surface area contributed by atoms with E-state index < -0.39 is 10.0 Å². The average Bonchev–Trinajstić information content (AvgIpc) is 3.37. The van der Waals surface area contributed by atoms with Crippen molar-refractivity contribution >= 4 is 55.4 Å². The van der Waals surface area contributed by atoms with Gasteiger partial charge in [0.1, 0.15) is 11.3 Å². The van der Waals surface area contributed by atoms with Crippen LogP contribution in [0, 0.1) is 0 Å². The van der Waals surface area contributed by atoms with E-state index in [-0.39, 0.29) is 10.0 Å². The smallest absolute Gasteiger partial charge is 0.243 e. The number of ether oxygens (including phenoxy) is 2. The maximum atomic E-state index is 13.3. The van der Waals surface area contributed by atoms with E-state index in [4.69, 9.17) is 26.1 Å². The maximum Gasteiger partial charge on any atom is 0.243 e. The van der Waals surface area contributed by atoms with Gasteiger partial charge in [-0.1, -0.05) is 18.2 Å². The van der Waals surface area contributed by atoms with Crippen LogP contribution >= 0.6 is 12.2 Å². The number of sulfonamides is 1. The minimum Gasteiger partial charge on any atom is -0.455 e. The molecule has 2 aromatic carbocycles. The summed E-state index contributed by atoms with van der Waals surface area (Å²) in [5.41, 5.74) is 5.67. The molecule has 1 aromatic heterocycles. The summed E-state index contributed by atoms with van der Waals surface area (Å²) in [6.07, 6.45) is 0. The second-order valence-electron chi connectivity index (χ2n) is 8.71. The van der Waals surface area contributed by atoms with E-state index in [0.717, 1.165) is 16.7 Å². The molecule has 2 aliphatic rings. The van der Waals surface area contributed by atoms with E-state index in [1.165, 1.54) is 4.31 Å². The van der Waals surface area contributed by atoms with E-state index in [9.17, 15) is 8.42 Å². The topological polar surface area (TPSA) is 109 Å². The molecule has 2 fully saturated rings. The predicted molar refractivity (Wildman–Crippen MR) is 147 cm³/mol. The SMILES string of the molecule is CC(=NNC(=S)Nc1cc(S(=O)(=O)N2CCOCC2)ccc1N1CCOCC1)c1cc2ccccc2o1. The molecule has 10 nitrogen and oxygen atoms in total. The third-order valence-electron chi connectivity index (χ3n) is 6.28. The number of para-hydroxylation sites is 1. The number of nitrogens with one attached hydrogen (secondary N) is 2. The van der Waals surface area contributed by atoms with Crippen molar-refractivity contribution in [3.8, 4) is 0 Å². The number of nitrogens with zero attached hydrogens (tertiary/aromatic N) is 3. The van der Waals surface area contributed by atoms with Crippen molar-refractivity contribution in [2.24, 2.45) is 5.10 Å². The lowest BCUT2D eigenvalue weighted by molar-refractivity contribution is 0.0730. The lowest BCUT2D eigenvalue weighted by Gasteiger charge is -2.31. The number of hydrazone groups is 1. The molecule has 37 heavy (non-hydrogen) atoms. The Labute approximate surface area is 221 Å². The molecule has 0 atom stereocenters. The summed E-state index contributed by atoms with van der Waals surface area (Å²) in [4.78, 5) is 2.33. The molecule has 0 unspecified atom stereocenters. The van der Waals surface area contributed by atoms with E-state index in [1.54, 1.807) is 12.1 Å². The first-order valence-corrected chi connectivity index (χ1v) is 13.9. The first kappa shape index (κ1) is 25.6. The Kier molecular flexibility index (Phi) is 7.72. The minimum absolute atomic E-state index is 0.193. The molecule has 12 heteroatoms. The number of furan rings is 1. The molecule has 2 N–H and O–H groups in total. The monoisotopic (exact) mass is 543 g/mol. The summed E-state index contributed by atoms with van der Waals surface area (Å²) in [6.45, 7) is 5.80. The molecule has 0 aliphatic carbocycles. The normalized spacial score (nSPS) is 17.6. The van der Waals surface area contributed by atoms with Gasteiger partial charge in [0.25, 0.3) is 0 Å². The number of rotatable bonds is 6. The fourth-order valence-electron chi connectivity index (χ4n) is 4.29. The van der Waals surface area contributed by atoms with Gasteiger partial charge in [-0.3, -0.25) is 5.43 Å². The molecular weight excluding hydrogens is 514 g/mol. The van der Waals surface area contributed by atoms with Crippen LogP contribution in [0.15, 0.2) is 62.9 Å². The van der Waals surface area contributed by atoms with Crippen molar-refractivity contribution in [1.82, 2.24) is 9.73 Å². The summed E-state index contributed by atoms with van der Waals surface area (Å²) in [6, 6.07) is 14.7. The zero-order valence-corrected chi connectivity index (χ0v) is 22.1. The van der Waals surface area contributed by atoms with Crippen LogP contribution in [0.25, 0.3) is 11.0 Å². The van der Waals surface area contributed by atoms with Crippen LogP contribution in [-0.2, 0) is 19.5 Å². The zero-order valence-electron chi connectivity index (χ0n) is 20.5. The summed E-state index contributed by atoms with van der Waals surface area (Å²) in [7, 11) is -3.68. The highest BCUT2D eigenvalue weighted by Gasteiger charge is 2.28. The Balaban J connectivity index is 1.37. The molecule has 0 spiro atoms. The number of anilines is 2. The molecule has 2 saturated heterocycles. The number of benzene rings is 2. The van der Waals surface area contributed by atoms with Gasteiger partial charge in [-0.25, -0.2) is 8.42 Å². The van der Waals surface area contributed by atoms with Crippen LogP contribution in [0.4, 0.5) is 11.4 Å². The highest BCUT2D eigenvalue weighted by atomic mass is 32.2. The second kappa shape index (κ2) is 11.2. The van der Waals surface area contributed by atoms with E-state index in [0.29, 0.717) is 69.8 Å². The summed E-state index contributed by atoms with van der Waals surface area (Å²) >= 11 is 5.51. The molecule has 0 bridgehead atoms. The fourth-order valence-corrected chi connectivity index (χ4v) is 5.88. The Bertz CT molecular complexity index is 1380. The zero-order chi connectivity index (χ0) is 25.8.